The first-order valence-corrected chi connectivity index (χ1v) is 9.39. The van der Waals surface area contributed by atoms with E-state index in [-0.39, 0.29) is 5.91 Å². The van der Waals surface area contributed by atoms with Gasteiger partial charge in [-0.25, -0.2) is 10.4 Å². The second kappa shape index (κ2) is 8.25. The zero-order valence-electron chi connectivity index (χ0n) is 14.2. The summed E-state index contributed by atoms with van der Waals surface area (Å²) in [7, 11) is 1.61. The number of hydrazone groups is 1. The van der Waals surface area contributed by atoms with Crippen LogP contribution in [0.3, 0.4) is 0 Å². The molecule has 2 aromatic carbocycles. The van der Waals surface area contributed by atoms with Gasteiger partial charge in [0, 0.05) is 10.4 Å². The van der Waals surface area contributed by atoms with Crippen LogP contribution in [-0.2, 0) is 0 Å². The smallest absolute Gasteiger partial charge is 0.291 e. The van der Waals surface area contributed by atoms with Crippen molar-refractivity contribution in [2.24, 2.45) is 5.10 Å². The molecule has 0 radical (unpaired) electrons. The van der Waals surface area contributed by atoms with E-state index in [1.807, 2.05) is 55.5 Å². The van der Waals surface area contributed by atoms with Gasteiger partial charge in [-0.15, -0.1) is 11.3 Å². The molecule has 1 amide bonds. The van der Waals surface area contributed by atoms with E-state index in [0.717, 1.165) is 31.2 Å². The fourth-order valence-corrected chi connectivity index (χ4v) is 3.77. The number of amides is 1. The van der Waals surface area contributed by atoms with Gasteiger partial charge in [-0.2, -0.15) is 5.10 Å². The maximum absolute atomic E-state index is 12.4. The number of benzene rings is 2. The van der Waals surface area contributed by atoms with Gasteiger partial charge in [0.2, 0.25) is 0 Å². The molecule has 0 unspecified atom stereocenters. The number of ether oxygens (including phenoxy) is 1. The van der Waals surface area contributed by atoms with Crippen molar-refractivity contribution in [3.8, 4) is 16.3 Å². The van der Waals surface area contributed by atoms with Crippen LogP contribution < -0.4 is 10.2 Å². The Hall–Kier alpha value is -2.51. The lowest BCUT2D eigenvalue weighted by atomic mass is 10.2. The minimum Gasteiger partial charge on any atom is -0.496 e. The molecular weight excluding hydrogens is 414 g/mol. The summed E-state index contributed by atoms with van der Waals surface area (Å²) < 4.78 is 6.00. The molecule has 1 N–H and O–H groups in total. The van der Waals surface area contributed by atoms with Gasteiger partial charge < -0.3 is 4.74 Å². The summed E-state index contributed by atoms with van der Waals surface area (Å²) in [5, 5.41) is 4.83. The van der Waals surface area contributed by atoms with Crippen LogP contribution in [0.4, 0.5) is 0 Å². The number of nitrogens with zero attached hydrogens (tertiary/aromatic N) is 2. The number of aromatic nitrogens is 1. The molecule has 0 aliphatic heterocycles. The van der Waals surface area contributed by atoms with Crippen LogP contribution in [-0.4, -0.2) is 24.2 Å². The van der Waals surface area contributed by atoms with Crippen LogP contribution in [0.5, 0.6) is 5.75 Å². The van der Waals surface area contributed by atoms with Gasteiger partial charge in [-0.05, 0) is 46.6 Å². The normalized spacial score (nSPS) is 10.9. The van der Waals surface area contributed by atoms with E-state index in [2.05, 4.69) is 31.4 Å². The number of carbonyl (C=O) groups is 1. The van der Waals surface area contributed by atoms with Crippen LogP contribution in [0.25, 0.3) is 10.6 Å². The standard InChI is InChI=1S/C19H16BrN3O2S/c1-12-17(22-19(26-12)14-6-4-3-5-7-14)18(24)23-21-11-13-8-9-16(25-2)15(20)10-13/h3-11H,1-2H3,(H,23,24)/b21-11-. The van der Waals surface area contributed by atoms with Crippen LogP contribution >= 0.6 is 27.3 Å². The van der Waals surface area contributed by atoms with Crippen molar-refractivity contribution in [2.75, 3.05) is 7.11 Å². The number of halogens is 1. The first kappa shape index (κ1) is 18.3. The molecule has 0 fully saturated rings. The van der Waals surface area contributed by atoms with Gasteiger partial charge in [-0.1, -0.05) is 30.3 Å². The SMILES string of the molecule is COc1ccc(/C=N\NC(=O)c2nc(-c3ccccc3)sc2C)cc1Br. The molecule has 0 bridgehead atoms. The van der Waals surface area contributed by atoms with Gasteiger partial charge >= 0.3 is 0 Å². The molecule has 132 valence electrons. The number of methoxy groups -OCH3 is 1. The average Bonchev–Trinajstić information content (AvgIpc) is 3.04. The monoisotopic (exact) mass is 429 g/mol. The Labute approximate surface area is 163 Å². The number of aryl methyl sites for hydroxylation is 1. The fourth-order valence-electron chi connectivity index (χ4n) is 2.29. The zero-order chi connectivity index (χ0) is 18.5. The van der Waals surface area contributed by atoms with Crippen molar-refractivity contribution in [1.29, 1.82) is 0 Å². The van der Waals surface area contributed by atoms with Gasteiger partial charge in [0.15, 0.2) is 0 Å². The van der Waals surface area contributed by atoms with E-state index in [4.69, 9.17) is 4.74 Å². The molecule has 3 aromatic rings. The lowest BCUT2D eigenvalue weighted by Gasteiger charge is -2.03. The summed E-state index contributed by atoms with van der Waals surface area (Å²) in [5.41, 5.74) is 4.74. The van der Waals surface area contributed by atoms with E-state index >= 15 is 0 Å². The highest BCUT2D eigenvalue weighted by Gasteiger charge is 2.15. The second-order valence-electron chi connectivity index (χ2n) is 5.38. The predicted molar refractivity (Wildman–Crippen MR) is 108 cm³/mol. The minimum atomic E-state index is -0.329. The van der Waals surface area contributed by atoms with E-state index in [1.165, 1.54) is 11.3 Å². The van der Waals surface area contributed by atoms with Gasteiger partial charge in [0.05, 0.1) is 17.8 Å². The molecule has 26 heavy (non-hydrogen) atoms. The molecule has 0 spiro atoms. The maximum atomic E-state index is 12.4. The Morgan fingerprint density at radius 3 is 2.73 bits per heavy atom. The summed E-state index contributed by atoms with van der Waals surface area (Å²) in [4.78, 5) is 17.7. The highest BCUT2D eigenvalue weighted by atomic mass is 79.9. The molecule has 7 heteroatoms. The van der Waals surface area contributed by atoms with E-state index < -0.39 is 0 Å². The Morgan fingerprint density at radius 1 is 1.27 bits per heavy atom. The Balaban J connectivity index is 1.70. The fraction of sp³-hybridized carbons (Fsp3) is 0.105. The number of rotatable bonds is 5. The van der Waals surface area contributed by atoms with E-state index in [9.17, 15) is 4.79 Å². The van der Waals surface area contributed by atoms with Crippen molar-refractivity contribution in [3.63, 3.8) is 0 Å². The third kappa shape index (κ3) is 4.17. The van der Waals surface area contributed by atoms with Gasteiger partial charge in [0.1, 0.15) is 16.5 Å². The molecule has 1 aromatic heterocycles. The summed E-state index contributed by atoms with van der Waals surface area (Å²) in [6, 6.07) is 15.3. The predicted octanol–water partition coefficient (Wildman–Crippen LogP) is 4.65. The minimum absolute atomic E-state index is 0.329. The molecule has 5 nitrogen and oxygen atoms in total. The Kier molecular flexibility index (Phi) is 5.80. The Morgan fingerprint density at radius 2 is 2.04 bits per heavy atom. The number of carbonyl (C=O) groups excluding carboxylic acids is 1. The van der Waals surface area contributed by atoms with Gasteiger partial charge in [0.25, 0.3) is 5.91 Å². The molecule has 0 aliphatic rings. The molecule has 0 saturated carbocycles. The lowest BCUT2D eigenvalue weighted by Crippen LogP contribution is -2.18. The van der Waals surface area contributed by atoms with Crippen molar-refractivity contribution in [2.45, 2.75) is 6.92 Å². The quantitative estimate of drug-likeness (QED) is 0.473. The number of nitrogens with one attached hydrogen (secondary N) is 1. The van der Waals surface area contributed by atoms with E-state index in [1.54, 1.807) is 13.3 Å². The second-order valence-corrected chi connectivity index (χ2v) is 7.44. The highest BCUT2D eigenvalue weighted by molar-refractivity contribution is 9.10. The molecular formula is C19H16BrN3O2S. The number of thiazole rings is 1. The first-order chi connectivity index (χ1) is 12.6. The van der Waals surface area contributed by atoms with Crippen LogP contribution in [0.1, 0.15) is 20.9 Å². The summed E-state index contributed by atoms with van der Waals surface area (Å²) in [6.45, 7) is 1.88. The zero-order valence-corrected chi connectivity index (χ0v) is 16.6. The van der Waals surface area contributed by atoms with Crippen molar-refractivity contribution >= 4 is 39.4 Å². The van der Waals surface area contributed by atoms with Crippen molar-refractivity contribution in [3.05, 3.63) is 69.1 Å². The van der Waals surface area contributed by atoms with Crippen LogP contribution in [0.2, 0.25) is 0 Å². The average molecular weight is 430 g/mol. The molecule has 0 saturated heterocycles. The first-order valence-electron chi connectivity index (χ1n) is 7.78. The Bertz CT molecular complexity index is 955. The largest absolute Gasteiger partial charge is 0.496 e. The molecule has 3 rings (SSSR count). The van der Waals surface area contributed by atoms with E-state index in [0.29, 0.717) is 5.69 Å². The summed E-state index contributed by atoms with van der Waals surface area (Å²) in [6.07, 6.45) is 1.57. The third-order valence-electron chi connectivity index (χ3n) is 3.59. The van der Waals surface area contributed by atoms with Crippen LogP contribution in [0, 0.1) is 6.92 Å². The molecule has 1 heterocycles. The maximum Gasteiger partial charge on any atom is 0.291 e. The summed E-state index contributed by atoms with van der Waals surface area (Å²) in [5.74, 6) is 0.405. The van der Waals surface area contributed by atoms with Gasteiger partial charge in [-0.3, -0.25) is 4.79 Å². The highest BCUT2D eigenvalue weighted by Crippen LogP contribution is 2.27. The van der Waals surface area contributed by atoms with Crippen molar-refractivity contribution < 1.29 is 9.53 Å². The van der Waals surface area contributed by atoms with Crippen molar-refractivity contribution in [1.82, 2.24) is 10.4 Å². The lowest BCUT2D eigenvalue weighted by molar-refractivity contribution is 0.0950. The topological polar surface area (TPSA) is 63.6 Å². The third-order valence-corrected chi connectivity index (χ3v) is 5.23. The van der Waals surface area contributed by atoms with Crippen LogP contribution in [0.15, 0.2) is 58.1 Å². The molecule has 0 atom stereocenters. The number of hydrogen-bond acceptors (Lipinski definition) is 5. The molecule has 0 aliphatic carbocycles. The summed E-state index contributed by atoms with van der Waals surface area (Å²) >= 11 is 4.90. The number of hydrogen-bond donors (Lipinski definition) is 1.